The third-order valence-electron chi connectivity index (χ3n) is 3.68. The van der Waals surface area contributed by atoms with E-state index in [2.05, 4.69) is 50.4 Å². The Kier molecular flexibility index (Phi) is 5.75. The SMILES string of the molecule is CC(CCN)C(=O)NC(C)c1ccc(C(C)(C)C)cc1. The summed E-state index contributed by atoms with van der Waals surface area (Å²) < 4.78 is 0. The molecule has 0 radical (unpaired) electrons. The molecule has 0 aliphatic heterocycles. The summed E-state index contributed by atoms with van der Waals surface area (Å²) in [7, 11) is 0. The largest absolute Gasteiger partial charge is 0.349 e. The Morgan fingerprint density at radius 3 is 2.20 bits per heavy atom. The van der Waals surface area contributed by atoms with E-state index in [9.17, 15) is 4.79 Å². The topological polar surface area (TPSA) is 55.1 Å². The van der Waals surface area contributed by atoms with Gasteiger partial charge in [-0.2, -0.15) is 0 Å². The van der Waals surface area contributed by atoms with Crippen molar-refractivity contribution < 1.29 is 4.79 Å². The molecule has 2 atom stereocenters. The van der Waals surface area contributed by atoms with E-state index in [1.54, 1.807) is 0 Å². The van der Waals surface area contributed by atoms with Crippen LogP contribution in [0.3, 0.4) is 0 Å². The Balaban J connectivity index is 2.69. The van der Waals surface area contributed by atoms with Crippen molar-refractivity contribution in [1.29, 1.82) is 0 Å². The van der Waals surface area contributed by atoms with Crippen molar-refractivity contribution in [3.05, 3.63) is 35.4 Å². The third kappa shape index (κ3) is 4.64. The highest BCUT2D eigenvalue weighted by Gasteiger charge is 2.17. The van der Waals surface area contributed by atoms with Crippen molar-refractivity contribution in [2.24, 2.45) is 11.7 Å². The molecule has 0 saturated carbocycles. The molecule has 20 heavy (non-hydrogen) atoms. The number of carbonyl (C=O) groups excluding carboxylic acids is 1. The van der Waals surface area contributed by atoms with Gasteiger partial charge >= 0.3 is 0 Å². The molecule has 0 saturated heterocycles. The number of carbonyl (C=O) groups is 1. The maximum atomic E-state index is 12.0. The second-order valence-corrected chi connectivity index (χ2v) is 6.58. The molecule has 3 heteroatoms. The summed E-state index contributed by atoms with van der Waals surface area (Å²) in [5.74, 6) is 0.0409. The maximum Gasteiger partial charge on any atom is 0.223 e. The number of hydrogen-bond donors (Lipinski definition) is 2. The van der Waals surface area contributed by atoms with Gasteiger partial charge in [0.05, 0.1) is 6.04 Å². The Morgan fingerprint density at radius 1 is 1.20 bits per heavy atom. The molecule has 0 aliphatic rings. The smallest absolute Gasteiger partial charge is 0.223 e. The van der Waals surface area contributed by atoms with Gasteiger partial charge < -0.3 is 11.1 Å². The molecule has 0 spiro atoms. The normalized spacial score (nSPS) is 14.7. The minimum atomic E-state index is -0.0312. The molecule has 2 unspecified atom stereocenters. The third-order valence-corrected chi connectivity index (χ3v) is 3.68. The first-order chi connectivity index (χ1) is 9.25. The molecule has 0 heterocycles. The van der Waals surface area contributed by atoms with Gasteiger partial charge in [-0.1, -0.05) is 52.0 Å². The average Bonchev–Trinajstić information content (AvgIpc) is 2.38. The molecular formula is C17H28N2O. The molecule has 1 aromatic carbocycles. The van der Waals surface area contributed by atoms with E-state index in [4.69, 9.17) is 5.73 Å². The Labute approximate surface area is 122 Å². The molecule has 0 aromatic heterocycles. The minimum absolute atomic E-state index is 0.0248. The van der Waals surface area contributed by atoms with Crippen LogP contribution in [0.1, 0.15) is 58.2 Å². The van der Waals surface area contributed by atoms with Gasteiger partial charge in [0.15, 0.2) is 0 Å². The molecule has 1 amide bonds. The molecule has 0 aliphatic carbocycles. The quantitative estimate of drug-likeness (QED) is 0.868. The van der Waals surface area contributed by atoms with Crippen LogP contribution in [0.2, 0.25) is 0 Å². The molecule has 1 rings (SSSR count). The van der Waals surface area contributed by atoms with Crippen molar-refractivity contribution in [2.45, 2.75) is 52.5 Å². The first-order valence-corrected chi connectivity index (χ1v) is 7.36. The molecule has 112 valence electrons. The number of nitrogens with one attached hydrogen (secondary N) is 1. The number of amides is 1. The van der Waals surface area contributed by atoms with Crippen LogP contribution >= 0.6 is 0 Å². The Morgan fingerprint density at radius 2 is 1.75 bits per heavy atom. The van der Waals surface area contributed by atoms with Gasteiger partial charge in [-0.3, -0.25) is 4.79 Å². The van der Waals surface area contributed by atoms with E-state index >= 15 is 0 Å². The van der Waals surface area contributed by atoms with Crippen LogP contribution in [0, 0.1) is 5.92 Å². The van der Waals surface area contributed by atoms with Crippen molar-refractivity contribution >= 4 is 5.91 Å². The van der Waals surface area contributed by atoms with E-state index in [1.807, 2.05) is 13.8 Å². The fourth-order valence-corrected chi connectivity index (χ4v) is 2.09. The second-order valence-electron chi connectivity index (χ2n) is 6.58. The van der Waals surface area contributed by atoms with Crippen LogP contribution in [-0.4, -0.2) is 12.5 Å². The van der Waals surface area contributed by atoms with Crippen molar-refractivity contribution in [1.82, 2.24) is 5.32 Å². The zero-order valence-corrected chi connectivity index (χ0v) is 13.4. The van der Waals surface area contributed by atoms with Crippen LogP contribution in [0.25, 0.3) is 0 Å². The predicted octanol–water partition coefficient (Wildman–Crippen LogP) is 3.15. The maximum absolute atomic E-state index is 12.0. The number of benzene rings is 1. The first-order valence-electron chi connectivity index (χ1n) is 7.36. The van der Waals surface area contributed by atoms with E-state index in [0.29, 0.717) is 6.54 Å². The lowest BCUT2D eigenvalue weighted by Gasteiger charge is -2.21. The van der Waals surface area contributed by atoms with Gasteiger partial charge in [0.25, 0.3) is 0 Å². The summed E-state index contributed by atoms with van der Waals surface area (Å²) >= 11 is 0. The number of nitrogens with two attached hydrogens (primary N) is 1. The van der Waals surface area contributed by atoms with Crippen LogP contribution in [0.5, 0.6) is 0 Å². The highest BCUT2D eigenvalue weighted by molar-refractivity contribution is 5.78. The summed E-state index contributed by atoms with van der Waals surface area (Å²) in [5, 5.41) is 3.04. The van der Waals surface area contributed by atoms with E-state index in [0.717, 1.165) is 12.0 Å². The molecular weight excluding hydrogens is 248 g/mol. The molecule has 3 nitrogen and oxygen atoms in total. The minimum Gasteiger partial charge on any atom is -0.349 e. The number of rotatable bonds is 5. The number of hydrogen-bond acceptors (Lipinski definition) is 2. The summed E-state index contributed by atoms with van der Waals surface area (Å²) in [6.07, 6.45) is 0.724. The molecule has 3 N–H and O–H groups in total. The van der Waals surface area contributed by atoms with Crippen LogP contribution in [-0.2, 0) is 10.2 Å². The fourth-order valence-electron chi connectivity index (χ4n) is 2.09. The van der Waals surface area contributed by atoms with Gasteiger partial charge in [-0.25, -0.2) is 0 Å². The Bertz CT molecular complexity index is 431. The summed E-state index contributed by atoms with van der Waals surface area (Å²) in [4.78, 5) is 12.0. The molecule has 1 aromatic rings. The second kappa shape index (κ2) is 6.89. The van der Waals surface area contributed by atoms with E-state index in [1.165, 1.54) is 5.56 Å². The van der Waals surface area contributed by atoms with Crippen LogP contribution < -0.4 is 11.1 Å². The molecule has 0 fully saturated rings. The van der Waals surface area contributed by atoms with Gasteiger partial charge in [0.1, 0.15) is 0 Å². The predicted molar refractivity (Wildman–Crippen MR) is 84.5 cm³/mol. The zero-order valence-electron chi connectivity index (χ0n) is 13.4. The molecule has 0 bridgehead atoms. The highest BCUT2D eigenvalue weighted by Crippen LogP contribution is 2.24. The standard InChI is InChI=1S/C17H28N2O/c1-12(10-11-18)16(20)19-13(2)14-6-8-15(9-7-14)17(3,4)5/h6-9,12-13H,10-11,18H2,1-5H3,(H,19,20). The van der Waals surface area contributed by atoms with Gasteiger partial charge in [-0.05, 0) is 36.4 Å². The fraction of sp³-hybridized carbons (Fsp3) is 0.588. The summed E-state index contributed by atoms with van der Waals surface area (Å²) in [5.41, 5.74) is 8.07. The van der Waals surface area contributed by atoms with Crippen LogP contribution in [0.15, 0.2) is 24.3 Å². The first kappa shape index (κ1) is 16.7. The summed E-state index contributed by atoms with van der Waals surface area (Å²) in [6, 6.07) is 8.50. The Hall–Kier alpha value is -1.35. The van der Waals surface area contributed by atoms with Crippen LogP contribution in [0.4, 0.5) is 0 Å². The van der Waals surface area contributed by atoms with Crippen molar-refractivity contribution in [2.75, 3.05) is 6.54 Å². The summed E-state index contributed by atoms with van der Waals surface area (Å²) in [6.45, 7) is 11.1. The van der Waals surface area contributed by atoms with E-state index < -0.39 is 0 Å². The monoisotopic (exact) mass is 276 g/mol. The highest BCUT2D eigenvalue weighted by atomic mass is 16.1. The van der Waals surface area contributed by atoms with Gasteiger partial charge in [0.2, 0.25) is 5.91 Å². The zero-order chi connectivity index (χ0) is 15.3. The van der Waals surface area contributed by atoms with Gasteiger partial charge in [-0.15, -0.1) is 0 Å². The van der Waals surface area contributed by atoms with E-state index in [-0.39, 0.29) is 23.3 Å². The lowest BCUT2D eigenvalue weighted by Crippen LogP contribution is -2.32. The lowest BCUT2D eigenvalue weighted by atomic mass is 9.86. The average molecular weight is 276 g/mol. The van der Waals surface area contributed by atoms with Crippen molar-refractivity contribution in [3.8, 4) is 0 Å². The van der Waals surface area contributed by atoms with Gasteiger partial charge in [0, 0.05) is 5.92 Å². The lowest BCUT2D eigenvalue weighted by molar-refractivity contribution is -0.125. The van der Waals surface area contributed by atoms with Crippen molar-refractivity contribution in [3.63, 3.8) is 0 Å².